The fraction of sp³-hybridized carbons (Fsp3) is 1.00. The fourth-order valence-electron chi connectivity index (χ4n) is 2.45. The van der Waals surface area contributed by atoms with Gasteiger partial charge in [0, 0.05) is 12.1 Å². The van der Waals surface area contributed by atoms with E-state index in [9.17, 15) is 5.11 Å². The van der Waals surface area contributed by atoms with Crippen molar-refractivity contribution in [1.82, 2.24) is 5.32 Å². The second-order valence-electron chi connectivity index (χ2n) is 5.16. The van der Waals surface area contributed by atoms with Crippen LogP contribution in [-0.4, -0.2) is 23.3 Å². The van der Waals surface area contributed by atoms with E-state index in [1.807, 2.05) is 0 Å². The molecule has 0 bridgehead atoms. The number of aliphatic hydroxyl groups excluding tert-OH is 1. The molecule has 0 unspecified atom stereocenters. The molecule has 2 heteroatoms. The van der Waals surface area contributed by atoms with E-state index in [-0.39, 0.29) is 6.10 Å². The largest absolute Gasteiger partial charge is 0.392 e. The summed E-state index contributed by atoms with van der Waals surface area (Å²) in [5.41, 5.74) is 0. The van der Waals surface area contributed by atoms with Gasteiger partial charge in [0.05, 0.1) is 6.10 Å². The lowest BCUT2D eigenvalue weighted by atomic mass is 9.91. The first-order chi connectivity index (χ1) is 6.59. The number of aliphatic hydroxyl groups is 1. The summed E-state index contributed by atoms with van der Waals surface area (Å²) >= 11 is 0. The molecule has 3 atom stereocenters. The Hall–Kier alpha value is -0.0800. The Morgan fingerprint density at radius 2 is 1.86 bits per heavy atom. The molecule has 2 nitrogen and oxygen atoms in total. The Bertz CT molecular complexity index is 158. The second kappa shape index (κ2) is 5.72. The van der Waals surface area contributed by atoms with E-state index in [1.54, 1.807) is 0 Å². The van der Waals surface area contributed by atoms with E-state index in [0.717, 1.165) is 18.8 Å². The maximum atomic E-state index is 9.79. The summed E-state index contributed by atoms with van der Waals surface area (Å²) in [6.07, 6.45) is 5.67. The van der Waals surface area contributed by atoms with Gasteiger partial charge in [0.1, 0.15) is 0 Å². The average molecular weight is 199 g/mol. The van der Waals surface area contributed by atoms with Crippen LogP contribution in [0.1, 0.15) is 52.9 Å². The molecule has 14 heavy (non-hydrogen) atoms. The highest BCUT2D eigenvalue weighted by Gasteiger charge is 2.23. The Kier molecular flexibility index (Phi) is 4.90. The predicted octanol–water partition coefficient (Wildman–Crippen LogP) is 2.31. The summed E-state index contributed by atoms with van der Waals surface area (Å²) in [5, 5.41) is 13.3. The van der Waals surface area contributed by atoms with Crippen LogP contribution in [0.5, 0.6) is 0 Å². The highest BCUT2D eigenvalue weighted by Crippen LogP contribution is 2.19. The van der Waals surface area contributed by atoms with Crippen LogP contribution < -0.4 is 5.32 Å². The van der Waals surface area contributed by atoms with Gasteiger partial charge in [-0.25, -0.2) is 0 Å². The predicted molar refractivity (Wildman–Crippen MR) is 60.3 cm³/mol. The third-order valence-corrected chi connectivity index (χ3v) is 3.05. The molecule has 0 aliphatic heterocycles. The minimum atomic E-state index is -0.113. The first-order valence-electron chi connectivity index (χ1n) is 6.03. The van der Waals surface area contributed by atoms with Crippen LogP contribution in [0.3, 0.4) is 0 Å². The minimum absolute atomic E-state index is 0.113. The molecule has 0 aromatic heterocycles. The van der Waals surface area contributed by atoms with Crippen molar-refractivity contribution in [2.45, 2.75) is 71.1 Å². The summed E-state index contributed by atoms with van der Waals surface area (Å²) < 4.78 is 0. The van der Waals surface area contributed by atoms with Crippen LogP contribution in [0.15, 0.2) is 0 Å². The zero-order valence-electron chi connectivity index (χ0n) is 9.79. The van der Waals surface area contributed by atoms with E-state index in [2.05, 4.69) is 26.1 Å². The third-order valence-electron chi connectivity index (χ3n) is 3.05. The van der Waals surface area contributed by atoms with Gasteiger partial charge in [0.15, 0.2) is 0 Å². The zero-order valence-corrected chi connectivity index (χ0v) is 9.79. The molecule has 0 aromatic carbocycles. The molecule has 0 aromatic rings. The van der Waals surface area contributed by atoms with Gasteiger partial charge in [-0.2, -0.15) is 0 Å². The number of nitrogens with one attached hydrogen (secondary N) is 1. The minimum Gasteiger partial charge on any atom is -0.392 e. The lowest BCUT2D eigenvalue weighted by Gasteiger charge is -2.31. The Labute approximate surface area is 88.1 Å². The summed E-state index contributed by atoms with van der Waals surface area (Å²) in [6, 6.07) is 0.880. The van der Waals surface area contributed by atoms with Crippen molar-refractivity contribution in [2.75, 3.05) is 0 Å². The molecule has 1 rings (SSSR count). The van der Waals surface area contributed by atoms with E-state index >= 15 is 0 Å². The third kappa shape index (κ3) is 3.97. The molecule has 0 saturated heterocycles. The topological polar surface area (TPSA) is 32.3 Å². The van der Waals surface area contributed by atoms with Crippen molar-refractivity contribution in [3.05, 3.63) is 0 Å². The monoisotopic (exact) mass is 199 g/mol. The van der Waals surface area contributed by atoms with E-state index in [4.69, 9.17) is 0 Å². The van der Waals surface area contributed by atoms with Crippen molar-refractivity contribution >= 4 is 0 Å². The van der Waals surface area contributed by atoms with E-state index in [1.165, 1.54) is 19.3 Å². The van der Waals surface area contributed by atoms with Gasteiger partial charge in [0.2, 0.25) is 0 Å². The molecule has 0 heterocycles. The molecular formula is C12H25NO. The van der Waals surface area contributed by atoms with Gasteiger partial charge in [-0.05, 0) is 32.1 Å². The van der Waals surface area contributed by atoms with Gasteiger partial charge in [-0.1, -0.05) is 26.7 Å². The fourth-order valence-corrected chi connectivity index (χ4v) is 2.45. The zero-order chi connectivity index (χ0) is 10.6. The second-order valence-corrected chi connectivity index (χ2v) is 5.16. The number of rotatable bonds is 4. The van der Waals surface area contributed by atoms with Crippen molar-refractivity contribution in [3.63, 3.8) is 0 Å². The summed E-state index contributed by atoms with van der Waals surface area (Å²) in [6.45, 7) is 6.71. The number of hydrogen-bond donors (Lipinski definition) is 2. The van der Waals surface area contributed by atoms with Crippen molar-refractivity contribution in [3.8, 4) is 0 Å². The van der Waals surface area contributed by atoms with Crippen LogP contribution in [0.25, 0.3) is 0 Å². The summed E-state index contributed by atoms with van der Waals surface area (Å²) in [7, 11) is 0. The van der Waals surface area contributed by atoms with Gasteiger partial charge in [-0.3, -0.25) is 0 Å². The van der Waals surface area contributed by atoms with Gasteiger partial charge in [0.25, 0.3) is 0 Å². The standard InChI is InChI=1S/C12H25NO/c1-9(2)8-10(3)13-11-6-4-5-7-12(11)14/h9-14H,4-8H2,1-3H3/t10-,11-,12+/m0/s1. The average Bonchev–Trinajstić information content (AvgIpc) is 2.07. The molecule has 1 fully saturated rings. The number of hydrogen-bond acceptors (Lipinski definition) is 2. The highest BCUT2D eigenvalue weighted by atomic mass is 16.3. The Morgan fingerprint density at radius 1 is 1.21 bits per heavy atom. The molecule has 0 spiro atoms. The quantitative estimate of drug-likeness (QED) is 0.728. The highest BCUT2D eigenvalue weighted by molar-refractivity contribution is 4.82. The molecule has 84 valence electrons. The molecular weight excluding hydrogens is 174 g/mol. The normalized spacial score (nSPS) is 30.6. The molecule has 1 saturated carbocycles. The van der Waals surface area contributed by atoms with Gasteiger partial charge < -0.3 is 10.4 Å². The first-order valence-corrected chi connectivity index (χ1v) is 6.03. The lowest BCUT2D eigenvalue weighted by Crippen LogP contribution is -2.46. The van der Waals surface area contributed by atoms with Crippen LogP contribution >= 0.6 is 0 Å². The van der Waals surface area contributed by atoms with E-state index < -0.39 is 0 Å². The molecule has 0 radical (unpaired) electrons. The molecule has 0 amide bonds. The van der Waals surface area contributed by atoms with Crippen LogP contribution in [-0.2, 0) is 0 Å². The van der Waals surface area contributed by atoms with Crippen molar-refractivity contribution in [2.24, 2.45) is 5.92 Å². The first kappa shape index (κ1) is 12.0. The lowest BCUT2D eigenvalue weighted by molar-refractivity contribution is 0.0844. The molecule has 2 N–H and O–H groups in total. The van der Waals surface area contributed by atoms with Crippen LogP contribution in [0.4, 0.5) is 0 Å². The van der Waals surface area contributed by atoms with Crippen molar-refractivity contribution in [1.29, 1.82) is 0 Å². The summed E-state index contributed by atoms with van der Waals surface area (Å²) in [4.78, 5) is 0. The maximum Gasteiger partial charge on any atom is 0.0693 e. The summed E-state index contributed by atoms with van der Waals surface area (Å²) in [5.74, 6) is 0.734. The van der Waals surface area contributed by atoms with Crippen LogP contribution in [0, 0.1) is 5.92 Å². The molecule has 1 aliphatic carbocycles. The van der Waals surface area contributed by atoms with Gasteiger partial charge >= 0.3 is 0 Å². The Morgan fingerprint density at radius 3 is 2.43 bits per heavy atom. The van der Waals surface area contributed by atoms with Crippen LogP contribution in [0.2, 0.25) is 0 Å². The van der Waals surface area contributed by atoms with Gasteiger partial charge in [-0.15, -0.1) is 0 Å². The SMILES string of the molecule is CC(C)C[C@H](C)N[C@H]1CCCC[C@H]1O. The Balaban J connectivity index is 2.27. The smallest absolute Gasteiger partial charge is 0.0693 e. The van der Waals surface area contributed by atoms with E-state index in [0.29, 0.717) is 12.1 Å². The molecule has 1 aliphatic rings. The maximum absolute atomic E-state index is 9.79. The van der Waals surface area contributed by atoms with Crippen molar-refractivity contribution < 1.29 is 5.11 Å².